The van der Waals surface area contributed by atoms with E-state index < -0.39 is 5.97 Å². The zero-order valence-electron chi connectivity index (χ0n) is 17.6. The summed E-state index contributed by atoms with van der Waals surface area (Å²) in [5.74, 6) is -0.876. The average molecular weight is 424 g/mol. The highest BCUT2D eigenvalue weighted by Gasteiger charge is 2.26. The molecule has 2 heterocycles. The average Bonchev–Trinajstić information content (AvgIpc) is 3.14. The highest BCUT2D eigenvalue weighted by molar-refractivity contribution is 6.08. The van der Waals surface area contributed by atoms with Crippen LogP contribution < -0.4 is 0 Å². The van der Waals surface area contributed by atoms with Gasteiger partial charge in [0.15, 0.2) is 6.61 Å². The van der Waals surface area contributed by atoms with Gasteiger partial charge in [-0.3, -0.25) is 4.79 Å². The molecule has 1 aliphatic rings. The van der Waals surface area contributed by atoms with Gasteiger partial charge in [-0.05, 0) is 19.2 Å². The third-order valence-electron chi connectivity index (χ3n) is 5.50. The van der Waals surface area contributed by atoms with Crippen LogP contribution >= 0.6 is 0 Å². The van der Waals surface area contributed by atoms with Crippen LogP contribution in [0.1, 0.15) is 23.0 Å². The Morgan fingerprint density at radius 1 is 0.935 bits per heavy atom. The van der Waals surface area contributed by atoms with E-state index in [0.717, 1.165) is 16.2 Å². The van der Waals surface area contributed by atoms with Crippen LogP contribution in [0, 0.1) is 6.92 Å². The summed E-state index contributed by atoms with van der Waals surface area (Å²) < 4.78 is 16.1. The molecule has 2 aromatic carbocycles. The number of rotatable bonds is 4. The summed E-state index contributed by atoms with van der Waals surface area (Å²) in [6, 6.07) is 11.7. The summed E-state index contributed by atoms with van der Waals surface area (Å²) in [5.41, 5.74) is 1.31. The molecular weight excluding hydrogens is 400 g/mol. The van der Waals surface area contributed by atoms with Crippen molar-refractivity contribution in [1.29, 1.82) is 0 Å². The van der Waals surface area contributed by atoms with Gasteiger partial charge in [0.25, 0.3) is 5.91 Å². The Labute approximate surface area is 179 Å². The minimum atomic E-state index is -0.670. The highest BCUT2D eigenvalue weighted by atomic mass is 16.6. The molecule has 1 aliphatic heterocycles. The summed E-state index contributed by atoms with van der Waals surface area (Å²) in [6.45, 7) is 4.98. The summed E-state index contributed by atoms with van der Waals surface area (Å²) in [4.78, 5) is 39.9. The Balaban J connectivity index is 1.39. The number of piperazine rings is 1. The maximum Gasteiger partial charge on any atom is 0.409 e. The fraction of sp³-hybridized carbons (Fsp3) is 0.348. The second-order valence-corrected chi connectivity index (χ2v) is 7.36. The topological polar surface area (TPSA) is 89.3 Å². The number of aryl methyl sites for hydroxylation is 1. The molecule has 4 rings (SSSR count). The molecule has 1 fully saturated rings. The van der Waals surface area contributed by atoms with Crippen LogP contribution in [0.15, 0.2) is 40.8 Å². The molecule has 1 saturated heterocycles. The van der Waals surface area contributed by atoms with Crippen LogP contribution in [-0.4, -0.2) is 67.2 Å². The number of amides is 2. The van der Waals surface area contributed by atoms with Gasteiger partial charge in [-0.2, -0.15) is 0 Å². The number of carbonyl (C=O) groups is 3. The van der Waals surface area contributed by atoms with Crippen LogP contribution in [-0.2, 0) is 14.3 Å². The van der Waals surface area contributed by atoms with E-state index in [1.807, 2.05) is 36.4 Å². The second kappa shape index (κ2) is 8.67. The standard InChI is InChI=1S/C23H24N2O6/c1-3-29-23(28)25-12-10-24(11-13-25)19(26)14-30-22(27)20-15(2)17-9-8-16-6-4-5-7-18(16)21(17)31-20/h4-9H,3,10-14H2,1-2H3. The predicted octanol–water partition coefficient (Wildman–Crippen LogP) is 3.35. The molecule has 31 heavy (non-hydrogen) atoms. The molecule has 0 spiro atoms. The van der Waals surface area contributed by atoms with Gasteiger partial charge in [0.05, 0.1) is 6.61 Å². The predicted molar refractivity (Wildman–Crippen MR) is 114 cm³/mol. The molecule has 162 valence electrons. The maximum atomic E-state index is 12.6. The van der Waals surface area contributed by atoms with E-state index >= 15 is 0 Å². The van der Waals surface area contributed by atoms with Crippen molar-refractivity contribution in [3.8, 4) is 0 Å². The van der Waals surface area contributed by atoms with Crippen molar-refractivity contribution in [2.75, 3.05) is 39.4 Å². The first-order chi connectivity index (χ1) is 15.0. The normalized spacial score (nSPS) is 14.1. The van der Waals surface area contributed by atoms with E-state index in [1.165, 1.54) is 0 Å². The smallest absolute Gasteiger partial charge is 0.409 e. The molecule has 0 bridgehead atoms. The van der Waals surface area contributed by atoms with Gasteiger partial charge in [0.2, 0.25) is 5.76 Å². The quantitative estimate of drug-likeness (QED) is 0.597. The van der Waals surface area contributed by atoms with E-state index in [2.05, 4.69) is 0 Å². The first-order valence-corrected chi connectivity index (χ1v) is 10.3. The van der Waals surface area contributed by atoms with Gasteiger partial charge in [-0.1, -0.05) is 36.4 Å². The molecule has 0 atom stereocenters. The van der Waals surface area contributed by atoms with E-state index in [-0.39, 0.29) is 24.4 Å². The number of nitrogens with zero attached hydrogens (tertiary/aromatic N) is 2. The van der Waals surface area contributed by atoms with Crippen LogP contribution in [0.5, 0.6) is 0 Å². The summed E-state index contributed by atoms with van der Waals surface area (Å²) in [7, 11) is 0. The van der Waals surface area contributed by atoms with Crippen molar-refractivity contribution >= 4 is 39.7 Å². The lowest BCUT2D eigenvalue weighted by molar-refractivity contribution is -0.136. The SMILES string of the molecule is CCOC(=O)N1CCN(C(=O)COC(=O)c2oc3c(ccc4ccccc43)c2C)CC1. The number of benzene rings is 2. The number of hydrogen-bond acceptors (Lipinski definition) is 6. The number of furan rings is 1. The lowest BCUT2D eigenvalue weighted by atomic mass is 10.1. The van der Waals surface area contributed by atoms with Crippen molar-refractivity contribution in [1.82, 2.24) is 9.80 Å². The molecule has 1 aromatic heterocycles. The highest BCUT2D eigenvalue weighted by Crippen LogP contribution is 2.32. The molecule has 0 N–H and O–H groups in total. The van der Waals surface area contributed by atoms with Gasteiger partial charge in [-0.15, -0.1) is 0 Å². The second-order valence-electron chi connectivity index (χ2n) is 7.36. The molecular formula is C23H24N2O6. The lowest BCUT2D eigenvalue weighted by Crippen LogP contribution is -2.51. The van der Waals surface area contributed by atoms with E-state index in [4.69, 9.17) is 13.9 Å². The fourth-order valence-corrected chi connectivity index (χ4v) is 3.78. The van der Waals surface area contributed by atoms with Gasteiger partial charge in [0.1, 0.15) is 5.58 Å². The minimum Gasteiger partial charge on any atom is -0.450 e. The summed E-state index contributed by atoms with van der Waals surface area (Å²) in [5, 5.41) is 2.77. The maximum absolute atomic E-state index is 12.6. The van der Waals surface area contributed by atoms with Crippen LogP contribution in [0.3, 0.4) is 0 Å². The molecule has 0 aliphatic carbocycles. The van der Waals surface area contributed by atoms with Gasteiger partial charge < -0.3 is 23.7 Å². The molecule has 0 radical (unpaired) electrons. The zero-order valence-corrected chi connectivity index (χ0v) is 17.6. The molecule has 8 heteroatoms. The lowest BCUT2D eigenvalue weighted by Gasteiger charge is -2.33. The van der Waals surface area contributed by atoms with Gasteiger partial charge >= 0.3 is 12.1 Å². The van der Waals surface area contributed by atoms with Crippen molar-refractivity contribution in [2.45, 2.75) is 13.8 Å². The molecule has 8 nitrogen and oxygen atoms in total. The van der Waals surface area contributed by atoms with Gasteiger partial charge in [-0.25, -0.2) is 9.59 Å². The molecule has 0 unspecified atom stereocenters. The number of ether oxygens (including phenoxy) is 2. The first kappa shape index (κ1) is 20.7. The van der Waals surface area contributed by atoms with Crippen molar-refractivity contribution in [2.24, 2.45) is 0 Å². The minimum absolute atomic E-state index is 0.103. The Hall–Kier alpha value is -3.55. The largest absolute Gasteiger partial charge is 0.450 e. The Bertz CT molecular complexity index is 1140. The Kier molecular flexibility index (Phi) is 5.79. The zero-order chi connectivity index (χ0) is 22.0. The Morgan fingerprint density at radius 2 is 1.65 bits per heavy atom. The summed E-state index contributed by atoms with van der Waals surface area (Å²) >= 11 is 0. The van der Waals surface area contributed by atoms with E-state index in [0.29, 0.717) is 43.9 Å². The van der Waals surface area contributed by atoms with Crippen LogP contribution in [0.25, 0.3) is 21.7 Å². The number of esters is 1. The van der Waals surface area contributed by atoms with E-state index in [1.54, 1.807) is 23.6 Å². The fourth-order valence-electron chi connectivity index (χ4n) is 3.78. The monoisotopic (exact) mass is 424 g/mol. The van der Waals surface area contributed by atoms with Crippen LogP contribution in [0.4, 0.5) is 4.79 Å². The number of hydrogen-bond donors (Lipinski definition) is 0. The third-order valence-corrected chi connectivity index (χ3v) is 5.50. The Morgan fingerprint density at radius 3 is 2.39 bits per heavy atom. The molecule has 3 aromatic rings. The van der Waals surface area contributed by atoms with E-state index in [9.17, 15) is 14.4 Å². The summed E-state index contributed by atoms with van der Waals surface area (Å²) in [6.07, 6.45) is -0.381. The number of fused-ring (bicyclic) bond motifs is 3. The molecule has 0 saturated carbocycles. The van der Waals surface area contributed by atoms with Crippen LogP contribution in [0.2, 0.25) is 0 Å². The molecule has 2 amide bonds. The third kappa shape index (κ3) is 4.05. The number of carbonyl (C=O) groups excluding carboxylic acids is 3. The van der Waals surface area contributed by atoms with Crippen molar-refractivity contribution < 1.29 is 28.3 Å². The van der Waals surface area contributed by atoms with Crippen molar-refractivity contribution in [3.63, 3.8) is 0 Å². The first-order valence-electron chi connectivity index (χ1n) is 10.3. The van der Waals surface area contributed by atoms with Crippen molar-refractivity contribution in [3.05, 3.63) is 47.7 Å². The van der Waals surface area contributed by atoms with Gasteiger partial charge in [0, 0.05) is 42.5 Å².